The Hall–Kier alpha value is -0.790. The second-order valence-corrected chi connectivity index (χ2v) is 3.83. The average Bonchev–Trinajstić information content (AvgIpc) is 2.30. The first kappa shape index (κ1) is 9.30. The van der Waals surface area contributed by atoms with Crippen LogP contribution < -0.4 is 4.57 Å². The van der Waals surface area contributed by atoms with Gasteiger partial charge in [-0.25, -0.2) is 9.13 Å². The quantitative estimate of drug-likeness (QED) is 0.605. The lowest BCUT2D eigenvalue weighted by Crippen LogP contribution is -2.29. The van der Waals surface area contributed by atoms with Gasteiger partial charge in [0.25, 0.3) is 5.82 Å². The zero-order valence-electron chi connectivity index (χ0n) is 8.54. The molecule has 0 atom stereocenters. The molecule has 12 heavy (non-hydrogen) atoms. The summed E-state index contributed by atoms with van der Waals surface area (Å²) in [7, 11) is 2.08. The van der Waals surface area contributed by atoms with Gasteiger partial charge in [0.05, 0.1) is 13.6 Å². The van der Waals surface area contributed by atoms with Gasteiger partial charge in [-0.3, -0.25) is 0 Å². The fourth-order valence-electron chi connectivity index (χ4n) is 1.23. The van der Waals surface area contributed by atoms with Crippen LogP contribution in [0.1, 0.15) is 26.1 Å². The van der Waals surface area contributed by atoms with Crippen LogP contribution in [0, 0.1) is 12.8 Å². The summed E-state index contributed by atoms with van der Waals surface area (Å²) >= 11 is 0. The van der Waals surface area contributed by atoms with Crippen molar-refractivity contribution >= 4 is 0 Å². The Labute approximate surface area is 74.8 Å². The number of nitrogens with zero attached hydrogens (tertiary/aromatic N) is 2. The molecule has 0 amide bonds. The van der Waals surface area contributed by atoms with Crippen molar-refractivity contribution in [3.05, 3.63) is 18.2 Å². The molecule has 1 rings (SSSR count). The van der Waals surface area contributed by atoms with Gasteiger partial charge < -0.3 is 0 Å². The van der Waals surface area contributed by atoms with E-state index < -0.39 is 0 Å². The highest BCUT2D eigenvalue weighted by atomic mass is 15.1. The first-order chi connectivity index (χ1) is 5.61. The molecule has 0 aliphatic rings. The summed E-state index contributed by atoms with van der Waals surface area (Å²) in [5.41, 5.74) is 0. The smallest absolute Gasteiger partial charge is 0.237 e. The molecule has 0 unspecified atom stereocenters. The van der Waals surface area contributed by atoms with Gasteiger partial charge in [-0.05, 0) is 12.3 Å². The standard InChI is InChI=1S/C10H19N2/c1-9(2)5-6-12-8-7-11(4)10(12)3/h7-9H,5-6H2,1-4H3/q+1. The Bertz CT molecular complexity index is 248. The van der Waals surface area contributed by atoms with Crippen LogP contribution in [0.5, 0.6) is 0 Å². The Balaban J connectivity index is 2.58. The minimum atomic E-state index is 0.789. The molecule has 2 nitrogen and oxygen atoms in total. The zero-order valence-corrected chi connectivity index (χ0v) is 8.54. The second-order valence-electron chi connectivity index (χ2n) is 3.83. The summed E-state index contributed by atoms with van der Waals surface area (Å²) in [6.07, 6.45) is 5.52. The van der Waals surface area contributed by atoms with E-state index in [2.05, 4.69) is 49.3 Å². The van der Waals surface area contributed by atoms with Crippen molar-refractivity contribution < 1.29 is 4.57 Å². The van der Waals surface area contributed by atoms with Crippen LogP contribution in [-0.2, 0) is 13.6 Å². The largest absolute Gasteiger partial charge is 0.253 e. The van der Waals surface area contributed by atoms with Gasteiger partial charge >= 0.3 is 0 Å². The first-order valence-electron chi connectivity index (χ1n) is 4.62. The number of imidazole rings is 1. The number of hydrogen-bond donors (Lipinski definition) is 0. The zero-order chi connectivity index (χ0) is 9.14. The maximum absolute atomic E-state index is 2.31. The highest BCUT2D eigenvalue weighted by Gasteiger charge is 2.08. The molecule has 0 fully saturated rings. The third kappa shape index (κ3) is 2.10. The van der Waals surface area contributed by atoms with Gasteiger partial charge in [0.2, 0.25) is 0 Å². The van der Waals surface area contributed by atoms with E-state index >= 15 is 0 Å². The van der Waals surface area contributed by atoms with E-state index in [0.29, 0.717) is 0 Å². The summed E-state index contributed by atoms with van der Waals surface area (Å²) < 4.78 is 4.46. The highest BCUT2D eigenvalue weighted by molar-refractivity contribution is 4.79. The van der Waals surface area contributed by atoms with Crippen LogP contribution in [0.2, 0.25) is 0 Å². The van der Waals surface area contributed by atoms with E-state index in [0.717, 1.165) is 12.5 Å². The molecule has 0 aromatic carbocycles. The van der Waals surface area contributed by atoms with E-state index in [4.69, 9.17) is 0 Å². The van der Waals surface area contributed by atoms with Gasteiger partial charge in [0.1, 0.15) is 12.4 Å². The molecule has 1 aromatic rings. The highest BCUT2D eigenvalue weighted by Crippen LogP contribution is 2.03. The predicted octanol–water partition coefficient (Wildman–Crippen LogP) is 1.67. The van der Waals surface area contributed by atoms with Crippen LogP contribution in [0.15, 0.2) is 12.4 Å². The molecule has 0 saturated carbocycles. The van der Waals surface area contributed by atoms with Crippen molar-refractivity contribution in [2.45, 2.75) is 33.7 Å². The maximum atomic E-state index is 2.31. The molecule has 68 valence electrons. The Morgan fingerprint density at radius 2 is 2.17 bits per heavy atom. The molecule has 0 N–H and O–H groups in total. The third-order valence-electron chi connectivity index (χ3n) is 2.34. The molecule has 0 radical (unpaired) electrons. The van der Waals surface area contributed by atoms with Gasteiger partial charge in [0.15, 0.2) is 0 Å². The van der Waals surface area contributed by atoms with Crippen molar-refractivity contribution in [3.8, 4) is 0 Å². The minimum absolute atomic E-state index is 0.789. The lowest BCUT2D eigenvalue weighted by molar-refractivity contribution is -0.677. The lowest BCUT2D eigenvalue weighted by Gasteiger charge is -2.02. The number of aryl methyl sites for hydroxylation is 2. The normalized spacial score (nSPS) is 11.1. The SMILES string of the molecule is Cc1n(CCC(C)C)cc[n+]1C. The second kappa shape index (κ2) is 3.74. The van der Waals surface area contributed by atoms with E-state index in [-0.39, 0.29) is 0 Å². The molecular formula is C10H19N2+. The minimum Gasteiger partial charge on any atom is -0.237 e. The van der Waals surface area contributed by atoms with Crippen LogP contribution in [-0.4, -0.2) is 4.57 Å². The van der Waals surface area contributed by atoms with Crippen molar-refractivity contribution in [2.24, 2.45) is 13.0 Å². The predicted molar refractivity (Wildman–Crippen MR) is 49.8 cm³/mol. The summed E-state index contributed by atoms with van der Waals surface area (Å²) in [5, 5.41) is 0. The van der Waals surface area contributed by atoms with Crippen LogP contribution in [0.3, 0.4) is 0 Å². The van der Waals surface area contributed by atoms with Gasteiger partial charge in [-0.2, -0.15) is 0 Å². The summed E-state index contributed by atoms with van der Waals surface area (Å²) in [6, 6.07) is 0. The van der Waals surface area contributed by atoms with Crippen LogP contribution in [0.25, 0.3) is 0 Å². The summed E-state index contributed by atoms with van der Waals surface area (Å²) in [5.74, 6) is 2.12. The summed E-state index contributed by atoms with van der Waals surface area (Å²) in [4.78, 5) is 0. The molecule has 0 bridgehead atoms. The third-order valence-corrected chi connectivity index (χ3v) is 2.34. The monoisotopic (exact) mass is 167 g/mol. The molecule has 0 saturated heterocycles. The Morgan fingerprint density at radius 1 is 1.50 bits per heavy atom. The molecule has 0 aliphatic heterocycles. The van der Waals surface area contributed by atoms with Crippen molar-refractivity contribution in [1.29, 1.82) is 0 Å². The number of hydrogen-bond acceptors (Lipinski definition) is 0. The fraction of sp³-hybridized carbons (Fsp3) is 0.700. The Morgan fingerprint density at radius 3 is 2.58 bits per heavy atom. The molecule has 2 heteroatoms. The molecule has 1 aromatic heterocycles. The molecular weight excluding hydrogens is 148 g/mol. The van der Waals surface area contributed by atoms with Crippen molar-refractivity contribution in [2.75, 3.05) is 0 Å². The fourth-order valence-corrected chi connectivity index (χ4v) is 1.23. The van der Waals surface area contributed by atoms with E-state index in [1.54, 1.807) is 0 Å². The average molecular weight is 167 g/mol. The van der Waals surface area contributed by atoms with E-state index in [9.17, 15) is 0 Å². The summed E-state index contributed by atoms with van der Waals surface area (Å²) in [6.45, 7) is 7.82. The molecule has 0 spiro atoms. The van der Waals surface area contributed by atoms with Crippen molar-refractivity contribution in [3.63, 3.8) is 0 Å². The van der Waals surface area contributed by atoms with Crippen LogP contribution in [0.4, 0.5) is 0 Å². The Kier molecular flexibility index (Phi) is 2.90. The number of aromatic nitrogens is 2. The molecule has 1 heterocycles. The first-order valence-corrected chi connectivity index (χ1v) is 4.62. The van der Waals surface area contributed by atoms with Crippen molar-refractivity contribution in [1.82, 2.24) is 4.57 Å². The van der Waals surface area contributed by atoms with E-state index in [1.165, 1.54) is 12.2 Å². The van der Waals surface area contributed by atoms with Crippen LogP contribution >= 0.6 is 0 Å². The molecule has 0 aliphatic carbocycles. The lowest BCUT2D eigenvalue weighted by atomic mass is 10.1. The van der Waals surface area contributed by atoms with Gasteiger partial charge in [-0.1, -0.05) is 13.8 Å². The maximum Gasteiger partial charge on any atom is 0.253 e. The number of rotatable bonds is 3. The van der Waals surface area contributed by atoms with Gasteiger partial charge in [-0.15, -0.1) is 0 Å². The van der Waals surface area contributed by atoms with E-state index in [1.807, 2.05) is 0 Å². The topological polar surface area (TPSA) is 8.81 Å². The van der Waals surface area contributed by atoms with Gasteiger partial charge in [0, 0.05) is 6.92 Å².